The molecule has 0 radical (unpaired) electrons. The van der Waals surface area contributed by atoms with Crippen molar-refractivity contribution in [3.8, 4) is 5.75 Å². The number of halogens is 1. The number of aliphatic hydroxyl groups is 1. The molecule has 1 aliphatic heterocycles. The fourth-order valence-electron chi connectivity index (χ4n) is 3.41. The van der Waals surface area contributed by atoms with Crippen molar-refractivity contribution < 1.29 is 19.4 Å². The number of Topliss-reactive ketones (excluding diaryl/α,β-unsaturated/α-hetero) is 1. The number of nitrogens with zero attached hydrogens (tertiary/aromatic N) is 2. The third-order valence-corrected chi connectivity index (χ3v) is 5.92. The van der Waals surface area contributed by atoms with Crippen LogP contribution in [-0.4, -0.2) is 28.4 Å². The molecule has 1 aliphatic rings. The molecule has 30 heavy (non-hydrogen) atoms. The van der Waals surface area contributed by atoms with E-state index in [0.29, 0.717) is 28.6 Å². The topological polar surface area (TPSA) is 79.7 Å². The molecule has 6 nitrogen and oxygen atoms in total. The van der Waals surface area contributed by atoms with Gasteiger partial charge in [-0.05, 0) is 36.8 Å². The Morgan fingerprint density at radius 3 is 2.73 bits per heavy atom. The number of carbonyl (C=O) groups excluding carboxylic acids is 2. The maximum absolute atomic E-state index is 13.0. The molecule has 3 aromatic rings. The first-order valence-electron chi connectivity index (χ1n) is 9.20. The molecule has 0 aliphatic carbocycles. The van der Waals surface area contributed by atoms with E-state index in [1.54, 1.807) is 35.8 Å². The summed E-state index contributed by atoms with van der Waals surface area (Å²) >= 11 is 4.69. The van der Waals surface area contributed by atoms with Crippen molar-refractivity contribution in [2.45, 2.75) is 13.0 Å². The van der Waals surface area contributed by atoms with Crippen LogP contribution in [-0.2, 0) is 9.59 Å². The largest absolute Gasteiger partial charge is 0.507 e. The molecule has 1 unspecified atom stereocenters. The number of carbonyl (C=O) groups is 2. The summed E-state index contributed by atoms with van der Waals surface area (Å²) in [4.78, 5) is 31.5. The molecular weight excluding hydrogens is 468 g/mol. The zero-order chi connectivity index (χ0) is 21.3. The van der Waals surface area contributed by atoms with Crippen LogP contribution >= 0.6 is 27.3 Å². The summed E-state index contributed by atoms with van der Waals surface area (Å²) in [6.07, 6.45) is 1.57. The monoisotopic (exact) mass is 484 g/mol. The first-order chi connectivity index (χ1) is 14.5. The van der Waals surface area contributed by atoms with Gasteiger partial charge in [-0.3, -0.25) is 14.5 Å². The third-order valence-electron chi connectivity index (χ3n) is 4.65. The van der Waals surface area contributed by atoms with Crippen molar-refractivity contribution >= 4 is 49.8 Å². The van der Waals surface area contributed by atoms with Crippen LogP contribution in [0.3, 0.4) is 0 Å². The lowest BCUT2D eigenvalue weighted by molar-refractivity contribution is -0.132. The van der Waals surface area contributed by atoms with Gasteiger partial charge >= 0.3 is 5.91 Å². The summed E-state index contributed by atoms with van der Waals surface area (Å²) in [5.41, 5.74) is 1.10. The van der Waals surface area contributed by atoms with Crippen LogP contribution in [0.2, 0.25) is 0 Å². The maximum atomic E-state index is 13.0. The highest BCUT2D eigenvalue weighted by Crippen LogP contribution is 2.43. The fourth-order valence-corrected chi connectivity index (χ4v) is 4.50. The zero-order valence-electron chi connectivity index (χ0n) is 15.9. The summed E-state index contributed by atoms with van der Waals surface area (Å²) in [5, 5.41) is 13.2. The predicted octanol–water partition coefficient (Wildman–Crippen LogP) is 4.93. The lowest BCUT2D eigenvalue weighted by Crippen LogP contribution is -2.29. The van der Waals surface area contributed by atoms with E-state index in [1.165, 1.54) is 16.2 Å². The van der Waals surface area contributed by atoms with Gasteiger partial charge in [0.1, 0.15) is 11.5 Å². The molecule has 1 amide bonds. The highest BCUT2D eigenvalue weighted by atomic mass is 79.9. The van der Waals surface area contributed by atoms with Crippen LogP contribution in [0.15, 0.2) is 70.2 Å². The summed E-state index contributed by atoms with van der Waals surface area (Å²) in [6.45, 7) is 2.33. The first-order valence-corrected chi connectivity index (χ1v) is 10.9. The van der Waals surface area contributed by atoms with E-state index in [2.05, 4.69) is 20.9 Å². The van der Waals surface area contributed by atoms with Gasteiger partial charge in [0.15, 0.2) is 5.13 Å². The van der Waals surface area contributed by atoms with Crippen molar-refractivity contribution in [1.82, 2.24) is 4.98 Å². The van der Waals surface area contributed by atoms with Crippen molar-refractivity contribution in [3.05, 3.63) is 81.3 Å². The quantitative estimate of drug-likeness (QED) is 0.315. The number of anilines is 1. The Balaban J connectivity index is 1.92. The Hall–Kier alpha value is -2.97. The molecule has 4 rings (SSSR count). The minimum Gasteiger partial charge on any atom is -0.507 e. The summed E-state index contributed by atoms with van der Waals surface area (Å²) < 4.78 is 6.30. The standard InChI is InChI=1S/C22H17BrN2O4S/c1-2-29-16-8-4-6-14(12-16)19(26)17-18(13-5-3-7-15(23)11-13)25(21(28)20(17)27)22-24-9-10-30-22/h3-12,18,26H,2H2,1H3/b19-17+. The maximum Gasteiger partial charge on any atom is 0.301 e. The highest BCUT2D eigenvalue weighted by Gasteiger charge is 2.48. The molecule has 1 atom stereocenters. The number of amides is 1. The summed E-state index contributed by atoms with van der Waals surface area (Å²) in [6, 6.07) is 13.3. The molecule has 1 fully saturated rings. The number of rotatable bonds is 5. The highest BCUT2D eigenvalue weighted by molar-refractivity contribution is 9.10. The van der Waals surface area contributed by atoms with Crippen LogP contribution in [0.25, 0.3) is 5.76 Å². The van der Waals surface area contributed by atoms with Gasteiger partial charge in [-0.2, -0.15) is 0 Å². The van der Waals surface area contributed by atoms with Crippen LogP contribution in [0, 0.1) is 0 Å². The molecule has 1 aromatic heterocycles. The van der Waals surface area contributed by atoms with Crippen LogP contribution in [0.5, 0.6) is 5.75 Å². The molecule has 8 heteroatoms. The number of ether oxygens (including phenoxy) is 1. The number of benzene rings is 2. The third kappa shape index (κ3) is 3.64. The van der Waals surface area contributed by atoms with Gasteiger partial charge in [-0.15, -0.1) is 11.3 Å². The molecule has 152 valence electrons. The van der Waals surface area contributed by atoms with Gasteiger partial charge in [0, 0.05) is 21.6 Å². The van der Waals surface area contributed by atoms with Crippen molar-refractivity contribution in [1.29, 1.82) is 0 Å². The first kappa shape index (κ1) is 20.3. The number of aromatic nitrogens is 1. The van der Waals surface area contributed by atoms with Crippen molar-refractivity contribution in [2.24, 2.45) is 0 Å². The Morgan fingerprint density at radius 2 is 2.03 bits per heavy atom. The fraction of sp³-hybridized carbons (Fsp3) is 0.136. The van der Waals surface area contributed by atoms with Crippen LogP contribution in [0.1, 0.15) is 24.1 Å². The smallest absolute Gasteiger partial charge is 0.301 e. The van der Waals surface area contributed by atoms with E-state index in [4.69, 9.17) is 4.74 Å². The molecule has 1 saturated heterocycles. The average molecular weight is 485 g/mol. The zero-order valence-corrected chi connectivity index (χ0v) is 18.3. The van der Waals surface area contributed by atoms with Gasteiger partial charge in [0.2, 0.25) is 0 Å². The van der Waals surface area contributed by atoms with Crippen molar-refractivity contribution in [2.75, 3.05) is 11.5 Å². The normalized spacial score (nSPS) is 18.1. The Bertz CT molecular complexity index is 1140. The van der Waals surface area contributed by atoms with Crippen LogP contribution in [0.4, 0.5) is 5.13 Å². The molecule has 2 heterocycles. The van der Waals surface area contributed by atoms with E-state index in [9.17, 15) is 14.7 Å². The number of aliphatic hydroxyl groups excluding tert-OH is 1. The van der Waals surface area contributed by atoms with Gasteiger partial charge in [-0.1, -0.05) is 40.2 Å². The summed E-state index contributed by atoms with van der Waals surface area (Å²) in [7, 11) is 0. The molecule has 0 bridgehead atoms. The molecular formula is C22H17BrN2O4S. The SMILES string of the molecule is CCOc1cccc(/C(O)=C2\C(=O)C(=O)N(c3nccs3)C2c2cccc(Br)c2)c1. The Kier molecular flexibility index (Phi) is 5.69. The Morgan fingerprint density at radius 1 is 1.23 bits per heavy atom. The molecule has 2 aromatic carbocycles. The minimum absolute atomic E-state index is 0.0157. The van der Waals surface area contributed by atoms with E-state index in [1.807, 2.05) is 31.2 Å². The van der Waals surface area contributed by atoms with Gasteiger partial charge < -0.3 is 9.84 Å². The number of ketones is 1. The van der Waals surface area contributed by atoms with Crippen molar-refractivity contribution in [3.63, 3.8) is 0 Å². The minimum atomic E-state index is -0.801. The predicted molar refractivity (Wildman–Crippen MR) is 119 cm³/mol. The number of hydrogen-bond acceptors (Lipinski definition) is 6. The molecule has 0 spiro atoms. The number of hydrogen-bond donors (Lipinski definition) is 1. The summed E-state index contributed by atoms with van der Waals surface area (Å²) in [5.74, 6) is -1.17. The average Bonchev–Trinajstić information content (AvgIpc) is 3.35. The lowest BCUT2D eigenvalue weighted by Gasteiger charge is -2.23. The van der Waals surface area contributed by atoms with E-state index < -0.39 is 17.7 Å². The van der Waals surface area contributed by atoms with Crippen LogP contribution < -0.4 is 9.64 Å². The van der Waals surface area contributed by atoms with Gasteiger partial charge in [0.05, 0.1) is 18.2 Å². The second-order valence-corrected chi connectivity index (χ2v) is 8.29. The van der Waals surface area contributed by atoms with Gasteiger partial charge in [-0.25, -0.2) is 4.98 Å². The van der Waals surface area contributed by atoms with E-state index in [-0.39, 0.29) is 11.3 Å². The molecule has 0 saturated carbocycles. The lowest BCUT2D eigenvalue weighted by atomic mass is 9.95. The second-order valence-electron chi connectivity index (χ2n) is 6.50. The van der Waals surface area contributed by atoms with E-state index >= 15 is 0 Å². The number of thiazole rings is 1. The second kappa shape index (κ2) is 8.41. The Labute approximate surface area is 185 Å². The van der Waals surface area contributed by atoms with E-state index in [0.717, 1.165) is 4.47 Å². The van der Waals surface area contributed by atoms with Gasteiger partial charge in [0.25, 0.3) is 5.78 Å². The molecule has 1 N–H and O–H groups in total.